The predicted molar refractivity (Wildman–Crippen MR) is 96.1 cm³/mol. The van der Waals surface area contributed by atoms with Crippen molar-refractivity contribution in [2.75, 3.05) is 54.4 Å². The van der Waals surface area contributed by atoms with Gasteiger partial charge in [0.1, 0.15) is 0 Å². The number of carbonyl (C=O) groups is 4. The Morgan fingerprint density at radius 2 is 0.857 bits per heavy atom. The van der Waals surface area contributed by atoms with Gasteiger partial charge in [-0.1, -0.05) is 0 Å². The van der Waals surface area contributed by atoms with E-state index in [1.165, 1.54) is 56.6 Å². The summed E-state index contributed by atoms with van der Waals surface area (Å²) in [6.07, 6.45) is -5.06. The summed E-state index contributed by atoms with van der Waals surface area (Å²) in [6.45, 7) is 3.27. The van der Waals surface area contributed by atoms with E-state index in [4.69, 9.17) is 0 Å². The molecule has 0 aromatic carbocycles. The van der Waals surface area contributed by atoms with Gasteiger partial charge in [-0.05, 0) is 0 Å². The molecule has 4 amide bonds. The lowest BCUT2D eigenvalue weighted by Gasteiger charge is -2.43. The zero-order chi connectivity index (χ0) is 22.4. The van der Waals surface area contributed by atoms with Crippen molar-refractivity contribution in [1.29, 1.82) is 0 Å². The summed E-state index contributed by atoms with van der Waals surface area (Å²) in [5, 5.41) is 0. The first-order valence-electron chi connectivity index (χ1n) is 8.50. The molecule has 0 aromatic heterocycles. The second kappa shape index (κ2) is 9.74. The highest BCUT2D eigenvalue weighted by Crippen LogP contribution is 2.26. The maximum atomic E-state index is 12.9. The number of nitrogens with zero attached hydrogens (tertiary/aromatic N) is 4. The van der Waals surface area contributed by atoms with E-state index in [1.54, 1.807) is 0 Å². The maximum Gasteiger partial charge on any atom is 0.471 e. The van der Waals surface area contributed by atoms with E-state index >= 15 is 0 Å². The molecule has 0 aliphatic rings. The standard InChI is InChI=1S/C17H29F3N4O4/c1-12(25)21(4)8-16(9-22(5)13(2)26,10-23(6)14(3)27)11-24(7)15(28)17(18,19)20/h8-11H2,1-7H3. The molecule has 11 heteroatoms. The van der Waals surface area contributed by atoms with Crippen molar-refractivity contribution in [3.8, 4) is 0 Å². The number of alkyl halides is 3. The Labute approximate surface area is 163 Å². The summed E-state index contributed by atoms with van der Waals surface area (Å²) in [6, 6.07) is 0. The van der Waals surface area contributed by atoms with Crippen LogP contribution in [0.3, 0.4) is 0 Å². The van der Waals surface area contributed by atoms with Gasteiger partial charge in [-0.25, -0.2) is 0 Å². The van der Waals surface area contributed by atoms with Crippen LogP contribution in [0.2, 0.25) is 0 Å². The monoisotopic (exact) mass is 410 g/mol. The van der Waals surface area contributed by atoms with Crippen molar-refractivity contribution < 1.29 is 32.3 Å². The van der Waals surface area contributed by atoms with Gasteiger partial charge in [-0.2, -0.15) is 13.2 Å². The second-order valence-electron chi connectivity index (χ2n) is 7.28. The Bertz CT molecular complexity index is 555. The molecule has 0 N–H and O–H groups in total. The van der Waals surface area contributed by atoms with E-state index in [2.05, 4.69) is 0 Å². The molecule has 0 saturated heterocycles. The molecule has 8 nitrogen and oxygen atoms in total. The van der Waals surface area contributed by atoms with Gasteiger partial charge >= 0.3 is 12.1 Å². The first kappa shape index (κ1) is 25.7. The van der Waals surface area contributed by atoms with Gasteiger partial charge < -0.3 is 19.6 Å². The van der Waals surface area contributed by atoms with Gasteiger partial charge in [0.05, 0.1) is 0 Å². The molecule has 0 rings (SSSR count). The summed E-state index contributed by atoms with van der Waals surface area (Å²) < 4.78 is 38.6. The summed E-state index contributed by atoms with van der Waals surface area (Å²) in [7, 11) is 5.39. The molecule has 0 aromatic rings. The summed E-state index contributed by atoms with van der Waals surface area (Å²) >= 11 is 0. The fourth-order valence-corrected chi connectivity index (χ4v) is 2.93. The number of amides is 4. The van der Waals surface area contributed by atoms with Crippen LogP contribution in [-0.2, 0) is 19.2 Å². The largest absolute Gasteiger partial charge is 0.471 e. The lowest BCUT2D eigenvalue weighted by atomic mass is 9.84. The minimum absolute atomic E-state index is 0.0624. The molecular weight excluding hydrogens is 381 g/mol. The highest BCUT2D eigenvalue weighted by atomic mass is 19.4. The van der Waals surface area contributed by atoms with Crippen LogP contribution < -0.4 is 0 Å². The smallest absolute Gasteiger partial charge is 0.345 e. The fourth-order valence-electron chi connectivity index (χ4n) is 2.93. The molecule has 0 bridgehead atoms. The molecule has 0 fully saturated rings. The van der Waals surface area contributed by atoms with E-state index in [1.807, 2.05) is 0 Å². The predicted octanol–water partition coefficient (Wildman–Crippen LogP) is 0.428. The highest BCUT2D eigenvalue weighted by molar-refractivity contribution is 5.81. The first-order chi connectivity index (χ1) is 12.5. The molecule has 0 radical (unpaired) electrons. The van der Waals surface area contributed by atoms with Crippen molar-refractivity contribution >= 4 is 23.6 Å². The van der Waals surface area contributed by atoms with Gasteiger partial charge in [-0.3, -0.25) is 19.2 Å². The minimum Gasteiger partial charge on any atom is -0.345 e. The van der Waals surface area contributed by atoms with Crippen molar-refractivity contribution in [3.63, 3.8) is 0 Å². The van der Waals surface area contributed by atoms with Crippen molar-refractivity contribution in [3.05, 3.63) is 0 Å². The third-order valence-corrected chi connectivity index (χ3v) is 4.49. The quantitative estimate of drug-likeness (QED) is 0.581. The molecule has 0 spiro atoms. The van der Waals surface area contributed by atoms with E-state index in [-0.39, 0.29) is 37.4 Å². The van der Waals surface area contributed by atoms with E-state index in [0.717, 1.165) is 7.05 Å². The van der Waals surface area contributed by atoms with Crippen molar-refractivity contribution in [2.24, 2.45) is 5.41 Å². The molecule has 0 saturated carbocycles. The normalized spacial score (nSPS) is 11.6. The molecule has 0 unspecified atom stereocenters. The zero-order valence-corrected chi connectivity index (χ0v) is 17.4. The van der Waals surface area contributed by atoms with Crippen LogP contribution in [0.4, 0.5) is 13.2 Å². The number of rotatable bonds is 8. The third kappa shape index (κ3) is 7.73. The lowest BCUT2D eigenvalue weighted by Crippen LogP contribution is -2.58. The van der Waals surface area contributed by atoms with Crippen LogP contribution in [-0.4, -0.2) is 104 Å². The van der Waals surface area contributed by atoms with Crippen LogP contribution in [0.1, 0.15) is 20.8 Å². The maximum absolute atomic E-state index is 12.9. The summed E-state index contributed by atoms with van der Waals surface area (Å²) in [5.41, 5.74) is -1.20. The third-order valence-electron chi connectivity index (χ3n) is 4.49. The van der Waals surface area contributed by atoms with Gasteiger partial charge in [-0.15, -0.1) is 0 Å². The van der Waals surface area contributed by atoms with Crippen LogP contribution in [0.25, 0.3) is 0 Å². The van der Waals surface area contributed by atoms with E-state index in [0.29, 0.717) is 4.90 Å². The Kier molecular flexibility index (Phi) is 8.93. The van der Waals surface area contributed by atoms with Crippen LogP contribution in [0.15, 0.2) is 0 Å². The molecule has 0 atom stereocenters. The van der Waals surface area contributed by atoms with Crippen LogP contribution >= 0.6 is 0 Å². The van der Waals surface area contributed by atoms with Crippen LogP contribution in [0, 0.1) is 5.41 Å². The molecule has 162 valence electrons. The Morgan fingerprint density at radius 3 is 1.07 bits per heavy atom. The molecule has 28 heavy (non-hydrogen) atoms. The molecular formula is C17H29F3N4O4. The fraction of sp³-hybridized carbons (Fsp3) is 0.765. The van der Waals surface area contributed by atoms with Gasteiger partial charge in [0.15, 0.2) is 0 Å². The van der Waals surface area contributed by atoms with E-state index in [9.17, 15) is 32.3 Å². The first-order valence-corrected chi connectivity index (χ1v) is 8.50. The number of hydrogen-bond acceptors (Lipinski definition) is 4. The molecule has 0 heterocycles. The van der Waals surface area contributed by atoms with Gasteiger partial charge in [0.25, 0.3) is 0 Å². The average molecular weight is 410 g/mol. The van der Waals surface area contributed by atoms with E-state index < -0.39 is 24.0 Å². The molecule has 0 aliphatic heterocycles. The van der Waals surface area contributed by atoms with Gasteiger partial charge in [0, 0.05) is 80.6 Å². The van der Waals surface area contributed by atoms with Crippen molar-refractivity contribution in [1.82, 2.24) is 19.6 Å². The Balaban J connectivity index is 6.10. The second-order valence-corrected chi connectivity index (χ2v) is 7.28. The lowest BCUT2D eigenvalue weighted by molar-refractivity contribution is -0.185. The Hall–Kier alpha value is -2.33. The number of halogens is 3. The Morgan fingerprint density at radius 1 is 0.607 bits per heavy atom. The SMILES string of the molecule is CC(=O)N(C)CC(CN(C)C(C)=O)(CN(C)C(C)=O)CN(C)C(=O)C(F)(F)F. The summed E-state index contributed by atoms with van der Waals surface area (Å²) in [4.78, 5) is 51.3. The molecule has 0 aliphatic carbocycles. The topological polar surface area (TPSA) is 81.2 Å². The summed E-state index contributed by atoms with van der Waals surface area (Å²) in [5.74, 6) is -3.07. The number of hydrogen-bond donors (Lipinski definition) is 0. The average Bonchev–Trinajstić information content (AvgIpc) is 2.52. The van der Waals surface area contributed by atoms with Crippen LogP contribution in [0.5, 0.6) is 0 Å². The van der Waals surface area contributed by atoms with Gasteiger partial charge in [0.2, 0.25) is 17.7 Å². The highest BCUT2D eigenvalue weighted by Gasteiger charge is 2.45. The minimum atomic E-state index is -5.06. The van der Waals surface area contributed by atoms with Crippen molar-refractivity contribution in [2.45, 2.75) is 26.9 Å². The zero-order valence-electron chi connectivity index (χ0n) is 17.4. The number of carbonyl (C=O) groups excluding carboxylic acids is 4.